The summed E-state index contributed by atoms with van der Waals surface area (Å²) in [4.78, 5) is 2.48. The summed E-state index contributed by atoms with van der Waals surface area (Å²) in [5, 5.41) is 3.43. The van der Waals surface area contributed by atoms with E-state index in [9.17, 15) is 4.21 Å². The molecule has 2 heterocycles. The fourth-order valence-electron chi connectivity index (χ4n) is 2.30. The summed E-state index contributed by atoms with van der Waals surface area (Å²) in [6.45, 7) is 7.94. The average molecular weight is 216 g/mol. The van der Waals surface area contributed by atoms with E-state index in [2.05, 4.69) is 17.1 Å². The maximum Gasteiger partial charge on any atom is 0.0363 e. The molecule has 82 valence electrons. The van der Waals surface area contributed by atoms with Gasteiger partial charge in [0.05, 0.1) is 0 Å². The highest BCUT2D eigenvalue weighted by Crippen LogP contribution is 2.17. The maximum absolute atomic E-state index is 11.2. The standard InChI is InChI=1S/C10H20N2OS/c1-9-6-11-7-10(9)8-12-2-4-14(13)5-3-12/h9-11H,2-8H2,1H3. The minimum atomic E-state index is -0.530. The number of hydrogen-bond acceptors (Lipinski definition) is 3. The van der Waals surface area contributed by atoms with Gasteiger partial charge in [0, 0.05) is 41.9 Å². The van der Waals surface area contributed by atoms with Crippen molar-refractivity contribution in [3.63, 3.8) is 0 Å². The summed E-state index contributed by atoms with van der Waals surface area (Å²) in [7, 11) is -0.530. The molecule has 2 saturated heterocycles. The molecule has 0 amide bonds. The van der Waals surface area contributed by atoms with Crippen LogP contribution in [0.2, 0.25) is 0 Å². The highest BCUT2D eigenvalue weighted by atomic mass is 32.2. The van der Waals surface area contributed by atoms with E-state index in [1.165, 1.54) is 19.6 Å². The van der Waals surface area contributed by atoms with Crippen molar-refractivity contribution in [2.24, 2.45) is 11.8 Å². The maximum atomic E-state index is 11.2. The molecule has 1 N–H and O–H groups in total. The molecule has 0 aromatic carbocycles. The van der Waals surface area contributed by atoms with Crippen molar-refractivity contribution in [1.29, 1.82) is 0 Å². The first-order chi connectivity index (χ1) is 6.75. The molecule has 2 atom stereocenters. The molecule has 3 nitrogen and oxygen atoms in total. The van der Waals surface area contributed by atoms with Crippen LogP contribution >= 0.6 is 0 Å². The lowest BCUT2D eigenvalue weighted by atomic mass is 9.97. The molecule has 0 aliphatic carbocycles. The van der Waals surface area contributed by atoms with Gasteiger partial charge in [-0.1, -0.05) is 6.92 Å². The lowest BCUT2D eigenvalue weighted by Gasteiger charge is -2.29. The van der Waals surface area contributed by atoms with Crippen molar-refractivity contribution in [2.45, 2.75) is 6.92 Å². The summed E-state index contributed by atoms with van der Waals surface area (Å²) in [6, 6.07) is 0. The van der Waals surface area contributed by atoms with Crippen molar-refractivity contribution in [2.75, 3.05) is 44.2 Å². The third-order valence-electron chi connectivity index (χ3n) is 3.44. The smallest absolute Gasteiger partial charge is 0.0363 e. The van der Waals surface area contributed by atoms with Gasteiger partial charge >= 0.3 is 0 Å². The van der Waals surface area contributed by atoms with E-state index in [4.69, 9.17) is 0 Å². The summed E-state index contributed by atoms with van der Waals surface area (Å²) in [6.07, 6.45) is 0. The van der Waals surface area contributed by atoms with E-state index < -0.39 is 10.8 Å². The topological polar surface area (TPSA) is 32.3 Å². The van der Waals surface area contributed by atoms with E-state index in [0.29, 0.717) is 0 Å². The van der Waals surface area contributed by atoms with Gasteiger partial charge < -0.3 is 10.2 Å². The first-order valence-corrected chi connectivity index (χ1v) is 7.02. The Labute approximate surface area is 88.7 Å². The van der Waals surface area contributed by atoms with Crippen molar-refractivity contribution < 1.29 is 4.21 Å². The Balaban J connectivity index is 1.77. The molecule has 0 saturated carbocycles. The normalized spacial score (nSPS) is 36.4. The quantitative estimate of drug-likeness (QED) is 0.700. The van der Waals surface area contributed by atoms with Gasteiger partial charge in [-0.2, -0.15) is 0 Å². The molecule has 0 aromatic rings. The van der Waals surface area contributed by atoms with Gasteiger partial charge in [0.2, 0.25) is 0 Å². The molecule has 4 heteroatoms. The second kappa shape index (κ2) is 4.73. The molecule has 2 aliphatic rings. The van der Waals surface area contributed by atoms with E-state index in [1.807, 2.05) is 0 Å². The van der Waals surface area contributed by atoms with Crippen molar-refractivity contribution >= 4 is 10.8 Å². The largest absolute Gasteiger partial charge is 0.316 e. The second-order valence-corrected chi connectivity index (χ2v) is 6.24. The fourth-order valence-corrected chi connectivity index (χ4v) is 3.43. The Morgan fingerprint density at radius 2 is 2.07 bits per heavy atom. The third kappa shape index (κ3) is 2.55. The lowest BCUT2D eigenvalue weighted by Crippen LogP contribution is -2.41. The van der Waals surface area contributed by atoms with Crippen LogP contribution in [0.5, 0.6) is 0 Å². The van der Waals surface area contributed by atoms with E-state index in [0.717, 1.165) is 36.4 Å². The van der Waals surface area contributed by atoms with Crippen LogP contribution in [0.25, 0.3) is 0 Å². The lowest BCUT2D eigenvalue weighted by molar-refractivity contribution is 0.235. The number of nitrogens with zero attached hydrogens (tertiary/aromatic N) is 1. The molecule has 0 aromatic heterocycles. The zero-order chi connectivity index (χ0) is 9.97. The summed E-state index contributed by atoms with van der Waals surface area (Å²) in [5.74, 6) is 3.38. The number of nitrogens with one attached hydrogen (secondary N) is 1. The molecule has 0 bridgehead atoms. The Morgan fingerprint density at radius 1 is 1.36 bits per heavy atom. The van der Waals surface area contributed by atoms with Crippen LogP contribution in [0.3, 0.4) is 0 Å². The summed E-state index contributed by atoms with van der Waals surface area (Å²) in [5.41, 5.74) is 0. The zero-order valence-corrected chi connectivity index (χ0v) is 9.68. The first kappa shape index (κ1) is 10.6. The van der Waals surface area contributed by atoms with Crippen LogP contribution in [0, 0.1) is 11.8 Å². The molecule has 2 fully saturated rings. The van der Waals surface area contributed by atoms with Gasteiger partial charge in [-0.05, 0) is 24.9 Å². The van der Waals surface area contributed by atoms with Gasteiger partial charge in [-0.15, -0.1) is 0 Å². The van der Waals surface area contributed by atoms with Gasteiger partial charge in [-0.25, -0.2) is 0 Å². The van der Waals surface area contributed by atoms with Crippen LogP contribution < -0.4 is 5.32 Å². The highest BCUT2D eigenvalue weighted by molar-refractivity contribution is 7.85. The van der Waals surface area contributed by atoms with Gasteiger partial charge in [0.25, 0.3) is 0 Å². The first-order valence-electron chi connectivity index (χ1n) is 5.54. The van der Waals surface area contributed by atoms with Crippen LogP contribution in [0.4, 0.5) is 0 Å². The van der Waals surface area contributed by atoms with Crippen molar-refractivity contribution in [1.82, 2.24) is 10.2 Å². The molecular formula is C10H20N2OS. The second-order valence-electron chi connectivity index (χ2n) is 4.54. The Morgan fingerprint density at radius 3 is 2.64 bits per heavy atom. The minimum absolute atomic E-state index is 0.530. The van der Waals surface area contributed by atoms with Crippen LogP contribution in [-0.4, -0.2) is 53.3 Å². The zero-order valence-electron chi connectivity index (χ0n) is 8.87. The van der Waals surface area contributed by atoms with E-state index in [1.54, 1.807) is 0 Å². The highest BCUT2D eigenvalue weighted by Gasteiger charge is 2.26. The molecule has 2 rings (SSSR count). The number of hydrogen-bond donors (Lipinski definition) is 1. The summed E-state index contributed by atoms with van der Waals surface area (Å²) >= 11 is 0. The minimum Gasteiger partial charge on any atom is -0.316 e. The SMILES string of the molecule is CC1CNCC1CN1CCS(=O)CC1. The molecule has 0 spiro atoms. The fraction of sp³-hybridized carbons (Fsp3) is 1.00. The number of rotatable bonds is 2. The summed E-state index contributed by atoms with van der Waals surface area (Å²) < 4.78 is 11.2. The molecular weight excluding hydrogens is 196 g/mol. The monoisotopic (exact) mass is 216 g/mol. The average Bonchev–Trinajstić information content (AvgIpc) is 2.56. The van der Waals surface area contributed by atoms with Gasteiger partial charge in [-0.3, -0.25) is 4.21 Å². The van der Waals surface area contributed by atoms with Gasteiger partial charge in [0.15, 0.2) is 0 Å². The van der Waals surface area contributed by atoms with Crippen molar-refractivity contribution in [3.05, 3.63) is 0 Å². The molecule has 0 radical (unpaired) electrons. The third-order valence-corrected chi connectivity index (χ3v) is 4.72. The van der Waals surface area contributed by atoms with Crippen LogP contribution in [0.15, 0.2) is 0 Å². The predicted molar refractivity (Wildman–Crippen MR) is 59.8 cm³/mol. The molecule has 2 unspecified atom stereocenters. The molecule has 14 heavy (non-hydrogen) atoms. The van der Waals surface area contributed by atoms with Crippen LogP contribution in [-0.2, 0) is 10.8 Å². The Kier molecular flexibility index (Phi) is 3.57. The Bertz CT molecular complexity index is 212. The predicted octanol–water partition coefficient (Wildman–Crippen LogP) is -0.0938. The van der Waals surface area contributed by atoms with Crippen LogP contribution in [0.1, 0.15) is 6.92 Å². The molecule has 2 aliphatic heterocycles. The van der Waals surface area contributed by atoms with E-state index in [-0.39, 0.29) is 0 Å². The van der Waals surface area contributed by atoms with E-state index >= 15 is 0 Å². The Hall–Kier alpha value is 0.0700. The van der Waals surface area contributed by atoms with Crippen molar-refractivity contribution in [3.8, 4) is 0 Å². The van der Waals surface area contributed by atoms with Gasteiger partial charge in [0.1, 0.15) is 0 Å².